The second-order valence-electron chi connectivity index (χ2n) is 5.25. The fourth-order valence-electron chi connectivity index (χ4n) is 2.56. The molecule has 3 nitrogen and oxygen atoms in total. The summed E-state index contributed by atoms with van der Waals surface area (Å²) in [5.74, 6) is 1.06. The SMILES string of the molecule is Cc1cc(N2CCN(c3cccc(Cl)c3)CC2)ncc1Br. The zero-order chi connectivity index (χ0) is 14.8. The zero-order valence-electron chi connectivity index (χ0n) is 11.9. The predicted molar refractivity (Wildman–Crippen MR) is 92.6 cm³/mol. The van der Waals surface area contributed by atoms with Crippen molar-refractivity contribution in [3.05, 3.63) is 51.6 Å². The zero-order valence-corrected chi connectivity index (χ0v) is 14.2. The van der Waals surface area contributed by atoms with E-state index in [1.807, 2.05) is 24.4 Å². The third-order valence-electron chi connectivity index (χ3n) is 3.81. The maximum absolute atomic E-state index is 6.07. The van der Waals surface area contributed by atoms with Crippen molar-refractivity contribution in [3.63, 3.8) is 0 Å². The number of benzene rings is 1. The molecule has 110 valence electrons. The lowest BCUT2D eigenvalue weighted by molar-refractivity contribution is 0.647. The molecule has 0 bridgehead atoms. The highest BCUT2D eigenvalue weighted by atomic mass is 79.9. The third kappa shape index (κ3) is 3.33. The normalized spacial score (nSPS) is 15.4. The van der Waals surface area contributed by atoms with Gasteiger partial charge in [0.1, 0.15) is 5.82 Å². The van der Waals surface area contributed by atoms with E-state index in [4.69, 9.17) is 11.6 Å². The van der Waals surface area contributed by atoms with Crippen LogP contribution >= 0.6 is 27.5 Å². The number of aryl methyl sites for hydroxylation is 1. The molecule has 1 saturated heterocycles. The average Bonchev–Trinajstić information content (AvgIpc) is 2.50. The molecule has 1 aliphatic rings. The summed E-state index contributed by atoms with van der Waals surface area (Å²) in [4.78, 5) is 9.22. The Hall–Kier alpha value is -1.26. The molecule has 1 aromatic carbocycles. The van der Waals surface area contributed by atoms with Crippen LogP contribution in [-0.4, -0.2) is 31.2 Å². The monoisotopic (exact) mass is 365 g/mol. The van der Waals surface area contributed by atoms with Crippen LogP contribution < -0.4 is 9.80 Å². The Labute approximate surface area is 138 Å². The van der Waals surface area contributed by atoms with Crippen molar-refractivity contribution in [2.75, 3.05) is 36.0 Å². The molecule has 0 radical (unpaired) electrons. The average molecular weight is 367 g/mol. The number of piperazine rings is 1. The van der Waals surface area contributed by atoms with E-state index in [0.29, 0.717) is 0 Å². The molecule has 1 fully saturated rings. The van der Waals surface area contributed by atoms with E-state index in [1.165, 1.54) is 11.3 Å². The van der Waals surface area contributed by atoms with Crippen LogP contribution in [0.25, 0.3) is 0 Å². The highest BCUT2D eigenvalue weighted by molar-refractivity contribution is 9.10. The number of pyridine rings is 1. The van der Waals surface area contributed by atoms with Gasteiger partial charge in [0, 0.05) is 47.6 Å². The summed E-state index contributed by atoms with van der Waals surface area (Å²) in [6.07, 6.45) is 1.88. The van der Waals surface area contributed by atoms with E-state index in [0.717, 1.165) is 41.5 Å². The highest BCUT2D eigenvalue weighted by Gasteiger charge is 2.18. The number of hydrogen-bond donors (Lipinski definition) is 0. The van der Waals surface area contributed by atoms with Gasteiger partial charge in [-0.25, -0.2) is 4.98 Å². The van der Waals surface area contributed by atoms with Gasteiger partial charge in [0.05, 0.1) is 0 Å². The van der Waals surface area contributed by atoms with E-state index in [1.54, 1.807) is 0 Å². The molecule has 2 aromatic rings. The molecule has 0 atom stereocenters. The lowest BCUT2D eigenvalue weighted by atomic mass is 10.2. The molecular weight excluding hydrogens is 350 g/mol. The van der Waals surface area contributed by atoms with E-state index in [-0.39, 0.29) is 0 Å². The number of rotatable bonds is 2. The van der Waals surface area contributed by atoms with E-state index in [2.05, 4.69) is 49.8 Å². The molecule has 0 spiro atoms. The van der Waals surface area contributed by atoms with Gasteiger partial charge < -0.3 is 9.80 Å². The topological polar surface area (TPSA) is 19.4 Å². The lowest BCUT2D eigenvalue weighted by Crippen LogP contribution is -2.46. The van der Waals surface area contributed by atoms with Crippen molar-refractivity contribution in [3.8, 4) is 0 Å². The van der Waals surface area contributed by atoms with Crippen molar-refractivity contribution in [1.29, 1.82) is 0 Å². The fraction of sp³-hybridized carbons (Fsp3) is 0.312. The second-order valence-corrected chi connectivity index (χ2v) is 6.54. The molecule has 0 N–H and O–H groups in total. The standard InChI is InChI=1S/C16H17BrClN3/c1-12-9-16(19-11-15(12)17)21-7-5-20(6-8-21)14-4-2-3-13(18)10-14/h2-4,9-11H,5-8H2,1H3. The van der Waals surface area contributed by atoms with Gasteiger partial charge in [-0.1, -0.05) is 17.7 Å². The van der Waals surface area contributed by atoms with Crippen LogP contribution in [0.5, 0.6) is 0 Å². The molecule has 1 aliphatic heterocycles. The molecule has 3 rings (SSSR count). The summed E-state index contributed by atoms with van der Waals surface area (Å²) < 4.78 is 1.06. The van der Waals surface area contributed by atoms with E-state index in [9.17, 15) is 0 Å². The van der Waals surface area contributed by atoms with E-state index < -0.39 is 0 Å². The van der Waals surface area contributed by atoms with Gasteiger partial charge in [-0.3, -0.25) is 0 Å². The molecule has 0 saturated carbocycles. The summed E-state index contributed by atoms with van der Waals surface area (Å²) in [5, 5.41) is 0.792. The van der Waals surface area contributed by atoms with Gasteiger partial charge >= 0.3 is 0 Å². The van der Waals surface area contributed by atoms with Gasteiger partial charge in [-0.05, 0) is 52.7 Å². The number of nitrogens with zero attached hydrogens (tertiary/aromatic N) is 3. The minimum atomic E-state index is 0.792. The Bertz CT molecular complexity index is 639. The highest BCUT2D eigenvalue weighted by Crippen LogP contribution is 2.24. The van der Waals surface area contributed by atoms with Crippen LogP contribution in [0.4, 0.5) is 11.5 Å². The van der Waals surface area contributed by atoms with Gasteiger partial charge in [0.2, 0.25) is 0 Å². The van der Waals surface area contributed by atoms with Crippen LogP contribution in [0.1, 0.15) is 5.56 Å². The van der Waals surface area contributed by atoms with Crippen LogP contribution in [0.3, 0.4) is 0 Å². The van der Waals surface area contributed by atoms with Crippen LogP contribution in [0.2, 0.25) is 5.02 Å². The van der Waals surface area contributed by atoms with Crippen molar-refractivity contribution >= 4 is 39.0 Å². The summed E-state index contributed by atoms with van der Waals surface area (Å²) in [7, 11) is 0. The van der Waals surface area contributed by atoms with Crippen molar-refractivity contribution in [1.82, 2.24) is 4.98 Å². The molecule has 0 aliphatic carbocycles. The molecule has 0 unspecified atom stereocenters. The first-order chi connectivity index (χ1) is 10.1. The van der Waals surface area contributed by atoms with Crippen LogP contribution in [0, 0.1) is 6.92 Å². The Kier molecular flexibility index (Phi) is 4.36. The second kappa shape index (κ2) is 6.24. The molecule has 2 heterocycles. The Morgan fingerprint density at radius 2 is 1.81 bits per heavy atom. The first-order valence-corrected chi connectivity index (χ1v) is 8.18. The van der Waals surface area contributed by atoms with Crippen molar-refractivity contribution < 1.29 is 0 Å². The largest absolute Gasteiger partial charge is 0.368 e. The summed E-state index contributed by atoms with van der Waals surface area (Å²) >= 11 is 9.57. The molecule has 21 heavy (non-hydrogen) atoms. The Balaban J connectivity index is 1.68. The maximum Gasteiger partial charge on any atom is 0.128 e. The minimum Gasteiger partial charge on any atom is -0.368 e. The lowest BCUT2D eigenvalue weighted by Gasteiger charge is -2.37. The predicted octanol–water partition coefficient (Wildman–Crippen LogP) is 4.13. The van der Waals surface area contributed by atoms with Crippen molar-refractivity contribution in [2.45, 2.75) is 6.92 Å². The number of aromatic nitrogens is 1. The van der Waals surface area contributed by atoms with Gasteiger partial charge in [0.15, 0.2) is 0 Å². The maximum atomic E-state index is 6.07. The third-order valence-corrected chi connectivity index (χ3v) is 4.87. The Morgan fingerprint density at radius 3 is 2.48 bits per heavy atom. The number of anilines is 2. The summed E-state index contributed by atoms with van der Waals surface area (Å²) in [5.41, 5.74) is 2.42. The van der Waals surface area contributed by atoms with Crippen LogP contribution in [0.15, 0.2) is 41.0 Å². The van der Waals surface area contributed by atoms with Crippen LogP contribution in [-0.2, 0) is 0 Å². The van der Waals surface area contributed by atoms with Gasteiger partial charge in [-0.15, -0.1) is 0 Å². The molecule has 0 amide bonds. The molecular formula is C16H17BrClN3. The van der Waals surface area contributed by atoms with Gasteiger partial charge in [-0.2, -0.15) is 0 Å². The summed E-state index contributed by atoms with van der Waals surface area (Å²) in [6.45, 7) is 6.01. The molecule has 1 aromatic heterocycles. The first kappa shape index (κ1) is 14.7. The molecule has 5 heteroatoms. The van der Waals surface area contributed by atoms with E-state index >= 15 is 0 Å². The Morgan fingerprint density at radius 1 is 1.10 bits per heavy atom. The van der Waals surface area contributed by atoms with Crippen molar-refractivity contribution in [2.24, 2.45) is 0 Å². The number of halogens is 2. The number of hydrogen-bond acceptors (Lipinski definition) is 3. The fourth-order valence-corrected chi connectivity index (χ4v) is 2.97. The minimum absolute atomic E-state index is 0.792. The summed E-state index contributed by atoms with van der Waals surface area (Å²) in [6, 6.07) is 10.2. The van der Waals surface area contributed by atoms with Gasteiger partial charge in [0.25, 0.3) is 0 Å². The smallest absolute Gasteiger partial charge is 0.128 e. The first-order valence-electron chi connectivity index (χ1n) is 7.01. The quantitative estimate of drug-likeness (QED) is 0.796.